The van der Waals surface area contributed by atoms with Gasteiger partial charge in [-0.15, -0.1) is 0 Å². The second-order valence-electron chi connectivity index (χ2n) is 5.18. The molecule has 2 rings (SSSR count). The molecule has 0 amide bonds. The maximum atomic E-state index is 13.9. The van der Waals surface area contributed by atoms with Gasteiger partial charge in [-0.2, -0.15) is 0 Å². The molecule has 5 heteroatoms. The average Bonchev–Trinajstić information content (AvgIpc) is 2.45. The number of rotatable bonds is 4. The molecule has 22 heavy (non-hydrogen) atoms. The summed E-state index contributed by atoms with van der Waals surface area (Å²) in [6.45, 7) is 3.19. The van der Waals surface area contributed by atoms with Crippen LogP contribution in [0.4, 0.5) is 8.78 Å². The summed E-state index contributed by atoms with van der Waals surface area (Å²) in [7, 11) is 0. The summed E-state index contributed by atoms with van der Waals surface area (Å²) in [4.78, 5) is 12.5. The Morgan fingerprint density at radius 1 is 0.864 bits per heavy atom. The number of carbonyl (C=O) groups excluding carboxylic acids is 1. The molecule has 0 radical (unpaired) electrons. The normalized spacial score (nSPS) is 13.7. The van der Waals surface area contributed by atoms with Gasteiger partial charge in [0.25, 0.3) is 0 Å². The predicted molar refractivity (Wildman–Crippen MR) is 84.7 cm³/mol. The summed E-state index contributed by atoms with van der Waals surface area (Å²) < 4.78 is 27.9. The molecule has 2 aromatic rings. The van der Waals surface area contributed by atoms with Crippen molar-refractivity contribution in [2.24, 2.45) is 0 Å². The fourth-order valence-corrected chi connectivity index (χ4v) is 2.70. The largest absolute Gasteiger partial charge is 0.298 e. The van der Waals surface area contributed by atoms with Gasteiger partial charge in [-0.3, -0.25) is 4.79 Å². The Labute approximate surface area is 137 Å². The third-order valence-electron chi connectivity index (χ3n) is 3.71. The lowest BCUT2D eigenvalue weighted by molar-refractivity contribution is -0.121. The quantitative estimate of drug-likeness (QED) is 0.691. The zero-order valence-electron chi connectivity index (χ0n) is 12.0. The van der Waals surface area contributed by atoms with Crippen molar-refractivity contribution in [1.82, 2.24) is 0 Å². The highest BCUT2D eigenvalue weighted by molar-refractivity contribution is 6.30. The molecule has 0 saturated carbocycles. The van der Waals surface area contributed by atoms with Crippen LogP contribution in [0.2, 0.25) is 10.0 Å². The van der Waals surface area contributed by atoms with Gasteiger partial charge in [0.15, 0.2) is 0 Å². The third-order valence-corrected chi connectivity index (χ3v) is 4.18. The second kappa shape index (κ2) is 6.76. The molecular formula is C17H14Cl2F2O. The molecule has 0 heterocycles. The summed E-state index contributed by atoms with van der Waals surface area (Å²) in [5.41, 5.74) is 0.492. The Kier molecular flexibility index (Phi) is 5.20. The first-order valence-corrected chi connectivity index (χ1v) is 7.50. The fourth-order valence-electron chi connectivity index (χ4n) is 2.39. The zero-order valence-corrected chi connectivity index (χ0v) is 13.6. The van der Waals surface area contributed by atoms with E-state index in [-0.39, 0.29) is 27.0 Å². The number of benzene rings is 2. The molecular weight excluding hydrogens is 329 g/mol. The minimum atomic E-state index is -0.706. The second-order valence-corrected chi connectivity index (χ2v) is 6.05. The molecule has 0 bridgehead atoms. The van der Waals surface area contributed by atoms with Crippen molar-refractivity contribution in [3.63, 3.8) is 0 Å². The lowest BCUT2D eigenvalue weighted by atomic mass is 9.85. The van der Waals surface area contributed by atoms with Crippen molar-refractivity contribution in [2.75, 3.05) is 0 Å². The molecule has 0 aliphatic rings. The molecule has 0 fully saturated rings. The minimum Gasteiger partial charge on any atom is -0.298 e. The van der Waals surface area contributed by atoms with Gasteiger partial charge >= 0.3 is 0 Å². The molecule has 0 saturated heterocycles. The van der Waals surface area contributed by atoms with Gasteiger partial charge in [0.05, 0.1) is 0 Å². The predicted octanol–water partition coefficient (Wildman–Crippen LogP) is 5.75. The Bertz CT molecular complexity index is 656. The Hall–Kier alpha value is -1.45. The third kappa shape index (κ3) is 3.47. The number of ketones is 1. The summed E-state index contributed by atoms with van der Waals surface area (Å²) in [5, 5.41) is 0.524. The first-order valence-electron chi connectivity index (χ1n) is 6.75. The number of hydrogen-bond donors (Lipinski definition) is 0. The Balaban J connectivity index is 2.29. The first kappa shape index (κ1) is 16.9. The van der Waals surface area contributed by atoms with Crippen molar-refractivity contribution >= 4 is 29.0 Å². The van der Waals surface area contributed by atoms with Crippen molar-refractivity contribution in [1.29, 1.82) is 0 Å². The van der Waals surface area contributed by atoms with E-state index in [4.69, 9.17) is 23.2 Å². The van der Waals surface area contributed by atoms with Gasteiger partial charge in [0, 0.05) is 21.9 Å². The van der Waals surface area contributed by atoms with Gasteiger partial charge in [-0.1, -0.05) is 49.2 Å². The zero-order chi connectivity index (χ0) is 16.4. The number of hydrogen-bond acceptors (Lipinski definition) is 1. The van der Waals surface area contributed by atoms with Crippen LogP contribution in [-0.4, -0.2) is 5.78 Å². The van der Waals surface area contributed by atoms with Crippen LogP contribution < -0.4 is 0 Å². The molecule has 0 aliphatic carbocycles. The van der Waals surface area contributed by atoms with E-state index in [0.29, 0.717) is 0 Å². The first-order chi connectivity index (χ1) is 10.3. The molecule has 2 aromatic carbocycles. The van der Waals surface area contributed by atoms with E-state index in [1.807, 2.05) is 0 Å². The van der Waals surface area contributed by atoms with E-state index in [2.05, 4.69) is 0 Å². The van der Waals surface area contributed by atoms with Crippen molar-refractivity contribution in [3.8, 4) is 0 Å². The Morgan fingerprint density at radius 3 is 1.55 bits per heavy atom. The highest BCUT2D eigenvalue weighted by Crippen LogP contribution is 2.30. The van der Waals surface area contributed by atoms with Gasteiger partial charge < -0.3 is 0 Å². The summed E-state index contributed by atoms with van der Waals surface area (Å²) >= 11 is 11.4. The Morgan fingerprint density at radius 2 is 1.23 bits per heavy atom. The number of carbonyl (C=O) groups is 1. The molecule has 2 unspecified atom stereocenters. The van der Waals surface area contributed by atoms with Gasteiger partial charge in [0.1, 0.15) is 17.4 Å². The topological polar surface area (TPSA) is 17.1 Å². The van der Waals surface area contributed by atoms with E-state index in [1.54, 1.807) is 13.8 Å². The van der Waals surface area contributed by atoms with Crippen LogP contribution in [0, 0.1) is 11.6 Å². The maximum absolute atomic E-state index is 13.9. The van der Waals surface area contributed by atoms with E-state index in [1.165, 1.54) is 24.3 Å². The average molecular weight is 343 g/mol. The van der Waals surface area contributed by atoms with Crippen LogP contribution in [0.5, 0.6) is 0 Å². The molecule has 1 nitrogen and oxygen atoms in total. The van der Waals surface area contributed by atoms with Crippen LogP contribution >= 0.6 is 23.2 Å². The van der Waals surface area contributed by atoms with Crippen LogP contribution in [-0.2, 0) is 4.79 Å². The standard InChI is InChI=1S/C17H14Cl2F2O/c1-9(13-5-3-11(18)7-15(13)20)17(22)10(2)14-6-4-12(19)8-16(14)21/h3-10H,1-2H3. The SMILES string of the molecule is CC(C(=O)C(C)c1ccc(Cl)cc1F)c1ccc(Cl)cc1F. The van der Waals surface area contributed by atoms with Crippen LogP contribution in [0.15, 0.2) is 36.4 Å². The summed E-state index contributed by atoms with van der Waals surface area (Å²) in [6.07, 6.45) is 0. The summed E-state index contributed by atoms with van der Waals surface area (Å²) in [6, 6.07) is 8.33. The van der Waals surface area contributed by atoms with Gasteiger partial charge in [-0.05, 0) is 35.4 Å². The number of halogens is 4. The molecule has 0 aromatic heterocycles. The van der Waals surface area contributed by atoms with E-state index in [0.717, 1.165) is 12.1 Å². The van der Waals surface area contributed by atoms with E-state index < -0.39 is 23.5 Å². The van der Waals surface area contributed by atoms with E-state index in [9.17, 15) is 13.6 Å². The van der Waals surface area contributed by atoms with E-state index >= 15 is 0 Å². The van der Waals surface area contributed by atoms with Gasteiger partial charge in [-0.25, -0.2) is 8.78 Å². The minimum absolute atomic E-state index is 0.246. The lowest BCUT2D eigenvalue weighted by Gasteiger charge is -2.18. The van der Waals surface area contributed by atoms with Crippen molar-refractivity contribution < 1.29 is 13.6 Å². The smallest absolute Gasteiger partial charge is 0.147 e. The van der Waals surface area contributed by atoms with Crippen LogP contribution in [0.25, 0.3) is 0 Å². The van der Waals surface area contributed by atoms with Crippen molar-refractivity contribution in [2.45, 2.75) is 25.7 Å². The molecule has 116 valence electrons. The monoisotopic (exact) mass is 342 g/mol. The molecule has 0 aliphatic heterocycles. The highest BCUT2D eigenvalue weighted by Gasteiger charge is 2.26. The molecule has 0 spiro atoms. The summed E-state index contributed by atoms with van der Waals surface area (Å²) in [5.74, 6) is -2.78. The maximum Gasteiger partial charge on any atom is 0.147 e. The van der Waals surface area contributed by atoms with Gasteiger partial charge in [0.2, 0.25) is 0 Å². The van der Waals surface area contributed by atoms with Crippen molar-refractivity contribution in [3.05, 3.63) is 69.2 Å². The number of Topliss-reactive ketones (excluding diaryl/α,β-unsaturated/α-hetero) is 1. The lowest BCUT2D eigenvalue weighted by Crippen LogP contribution is -2.18. The molecule has 0 N–H and O–H groups in total. The molecule has 2 atom stereocenters. The fraction of sp³-hybridized carbons (Fsp3) is 0.235. The van der Waals surface area contributed by atoms with Crippen LogP contribution in [0.3, 0.4) is 0 Å². The highest BCUT2D eigenvalue weighted by atomic mass is 35.5. The van der Waals surface area contributed by atoms with Crippen LogP contribution in [0.1, 0.15) is 36.8 Å².